The zero-order chi connectivity index (χ0) is 23.4. The first-order valence-corrected chi connectivity index (χ1v) is 12.3. The number of sulfonamides is 1. The number of nitrogens with one attached hydrogen (secondary N) is 1. The minimum absolute atomic E-state index is 0.0261. The first kappa shape index (κ1) is 23.4. The quantitative estimate of drug-likeness (QED) is 0.564. The molecule has 172 valence electrons. The number of rotatable bonds is 6. The molecule has 1 N–H and O–H groups in total. The van der Waals surface area contributed by atoms with E-state index in [1.807, 2.05) is 18.2 Å². The highest BCUT2D eigenvalue weighted by Crippen LogP contribution is 2.24. The third-order valence-electron chi connectivity index (χ3n) is 5.51. The van der Waals surface area contributed by atoms with Crippen molar-refractivity contribution in [3.05, 3.63) is 94.8 Å². The van der Waals surface area contributed by atoms with Crippen LogP contribution in [-0.2, 0) is 16.6 Å². The molecule has 1 fully saturated rings. The van der Waals surface area contributed by atoms with Crippen LogP contribution in [0.1, 0.15) is 15.9 Å². The number of halogens is 2. The summed E-state index contributed by atoms with van der Waals surface area (Å²) in [7, 11) is -3.77. The molecule has 3 aromatic rings. The molecule has 0 aliphatic carbocycles. The average molecular weight is 488 g/mol. The van der Waals surface area contributed by atoms with Crippen LogP contribution in [0.5, 0.6) is 0 Å². The molecule has 1 aliphatic heterocycles. The van der Waals surface area contributed by atoms with Crippen molar-refractivity contribution in [2.45, 2.75) is 11.4 Å². The lowest BCUT2D eigenvalue weighted by Crippen LogP contribution is -2.48. The largest absolute Gasteiger partial charge is 0.319 e. The van der Waals surface area contributed by atoms with E-state index < -0.39 is 21.7 Å². The van der Waals surface area contributed by atoms with Crippen LogP contribution in [0, 0.1) is 5.82 Å². The topological polar surface area (TPSA) is 69.7 Å². The van der Waals surface area contributed by atoms with Gasteiger partial charge in [-0.15, -0.1) is 0 Å². The number of anilines is 1. The van der Waals surface area contributed by atoms with Gasteiger partial charge in [0, 0.05) is 38.3 Å². The number of carbonyl (C=O) groups excluding carboxylic acids is 1. The van der Waals surface area contributed by atoms with E-state index in [9.17, 15) is 17.6 Å². The van der Waals surface area contributed by atoms with E-state index in [4.69, 9.17) is 11.6 Å². The van der Waals surface area contributed by atoms with Gasteiger partial charge in [-0.1, -0.05) is 54.1 Å². The molecule has 1 aliphatic rings. The molecule has 33 heavy (non-hydrogen) atoms. The maximum Gasteiger partial charge on any atom is 0.255 e. The monoisotopic (exact) mass is 487 g/mol. The molecule has 0 atom stereocenters. The predicted molar refractivity (Wildman–Crippen MR) is 126 cm³/mol. The lowest BCUT2D eigenvalue weighted by atomic mass is 10.2. The summed E-state index contributed by atoms with van der Waals surface area (Å²) in [5, 5.41) is 2.33. The molecule has 0 bridgehead atoms. The molecule has 9 heteroatoms. The highest BCUT2D eigenvalue weighted by atomic mass is 35.5. The summed E-state index contributed by atoms with van der Waals surface area (Å²) in [5.41, 5.74) is 1.22. The van der Waals surface area contributed by atoms with Crippen LogP contribution in [-0.4, -0.2) is 49.7 Å². The maximum atomic E-state index is 14.1. The number of carbonyl (C=O) groups is 1. The number of piperazine rings is 1. The van der Waals surface area contributed by atoms with Crippen molar-refractivity contribution in [2.24, 2.45) is 0 Å². The van der Waals surface area contributed by atoms with E-state index in [1.54, 1.807) is 0 Å². The van der Waals surface area contributed by atoms with Crippen LogP contribution < -0.4 is 5.32 Å². The summed E-state index contributed by atoms with van der Waals surface area (Å²) in [6.45, 7) is 2.72. The van der Waals surface area contributed by atoms with E-state index in [2.05, 4.69) is 22.3 Å². The summed E-state index contributed by atoms with van der Waals surface area (Å²) >= 11 is 5.76. The molecule has 0 radical (unpaired) electrons. The molecule has 1 amide bonds. The van der Waals surface area contributed by atoms with Crippen molar-refractivity contribution in [2.75, 3.05) is 31.5 Å². The standard InChI is InChI=1S/C24H23ClFN3O3S/c25-21-10-5-11-22(23(21)26)27-24(30)19-8-4-9-20(16-19)33(31,32)29-14-12-28(13-15-29)17-18-6-2-1-3-7-18/h1-11,16H,12-15,17H2,(H,27,30). The Kier molecular flexibility index (Phi) is 7.09. The minimum atomic E-state index is -3.77. The third-order valence-corrected chi connectivity index (χ3v) is 7.70. The second-order valence-corrected chi connectivity index (χ2v) is 10.1. The fraction of sp³-hybridized carbons (Fsp3) is 0.208. The first-order valence-electron chi connectivity index (χ1n) is 10.5. The van der Waals surface area contributed by atoms with Crippen LogP contribution >= 0.6 is 11.6 Å². The Morgan fingerprint density at radius 1 is 0.939 bits per heavy atom. The number of hydrogen-bond acceptors (Lipinski definition) is 4. The Bertz CT molecular complexity index is 1250. The molecule has 0 unspecified atom stereocenters. The van der Waals surface area contributed by atoms with Crippen molar-refractivity contribution in [1.82, 2.24) is 9.21 Å². The summed E-state index contributed by atoms with van der Waals surface area (Å²) in [4.78, 5) is 14.9. The summed E-state index contributed by atoms with van der Waals surface area (Å²) in [6, 6.07) is 20.1. The lowest BCUT2D eigenvalue weighted by molar-refractivity contribution is 0.102. The zero-order valence-corrected chi connectivity index (χ0v) is 19.3. The van der Waals surface area contributed by atoms with E-state index in [0.717, 1.165) is 6.54 Å². The Morgan fingerprint density at radius 2 is 1.64 bits per heavy atom. The van der Waals surface area contributed by atoms with Crippen LogP contribution in [0.3, 0.4) is 0 Å². The molecule has 0 saturated carbocycles. The van der Waals surface area contributed by atoms with Crippen LogP contribution in [0.2, 0.25) is 5.02 Å². The van der Waals surface area contributed by atoms with Crippen molar-refractivity contribution in [3.8, 4) is 0 Å². The highest BCUT2D eigenvalue weighted by Gasteiger charge is 2.29. The fourth-order valence-corrected chi connectivity index (χ4v) is 5.35. The van der Waals surface area contributed by atoms with Gasteiger partial charge in [0.1, 0.15) is 0 Å². The predicted octanol–water partition coefficient (Wildman–Crippen LogP) is 4.24. The second kappa shape index (κ2) is 10.0. The molecule has 0 aromatic heterocycles. The number of hydrogen-bond donors (Lipinski definition) is 1. The van der Waals surface area contributed by atoms with E-state index in [1.165, 1.54) is 52.3 Å². The molecule has 1 saturated heterocycles. The zero-order valence-electron chi connectivity index (χ0n) is 17.7. The second-order valence-electron chi connectivity index (χ2n) is 7.75. The lowest BCUT2D eigenvalue weighted by Gasteiger charge is -2.34. The summed E-state index contributed by atoms with van der Waals surface area (Å²) in [6.07, 6.45) is 0. The maximum absolute atomic E-state index is 14.1. The molecular weight excluding hydrogens is 465 g/mol. The highest BCUT2D eigenvalue weighted by molar-refractivity contribution is 7.89. The Labute approximate surface area is 197 Å². The van der Waals surface area contributed by atoms with Gasteiger partial charge in [0.05, 0.1) is 15.6 Å². The normalized spacial score (nSPS) is 15.3. The van der Waals surface area contributed by atoms with E-state index in [0.29, 0.717) is 26.2 Å². The van der Waals surface area contributed by atoms with Crippen molar-refractivity contribution < 1.29 is 17.6 Å². The van der Waals surface area contributed by atoms with Crippen molar-refractivity contribution in [1.29, 1.82) is 0 Å². The van der Waals surface area contributed by atoms with E-state index in [-0.39, 0.29) is 21.2 Å². The molecular formula is C24H23ClFN3O3S. The van der Waals surface area contributed by atoms with Crippen molar-refractivity contribution in [3.63, 3.8) is 0 Å². The van der Waals surface area contributed by atoms with Gasteiger partial charge in [0.2, 0.25) is 10.0 Å². The van der Waals surface area contributed by atoms with Crippen LogP contribution in [0.25, 0.3) is 0 Å². The summed E-state index contributed by atoms with van der Waals surface area (Å²) < 4.78 is 41.9. The van der Waals surface area contributed by atoms with Gasteiger partial charge >= 0.3 is 0 Å². The molecule has 3 aromatic carbocycles. The first-order chi connectivity index (χ1) is 15.8. The van der Waals surface area contributed by atoms with Gasteiger partial charge in [0.15, 0.2) is 5.82 Å². The molecule has 4 rings (SSSR count). The van der Waals surface area contributed by atoms with Gasteiger partial charge in [-0.3, -0.25) is 9.69 Å². The molecule has 6 nitrogen and oxygen atoms in total. The Hall–Kier alpha value is -2.78. The van der Waals surface area contributed by atoms with Gasteiger partial charge in [-0.05, 0) is 35.9 Å². The minimum Gasteiger partial charge on any atom is -0.319 e. The molecule has 0 spiro atoms. The number of amides is 1. The fourth-order valence-electron chi connectivity index (χ4n) is 3.71. The number of benzene rings is 3. The number of nitrogens with zero attached hydrogens (tertiary/aromatic N) is 2. The van der Waals surface area contributed by atoms with E-state index >= 15 is 0 Å². The smallest absolute Gasteiger partial charge is 0.255 e. The molecule has 1 heterocycles. The Balaban J connectivity index is 1.44. The average Bonchev–Trinajstić information content (AvgIpc) is 2.83. The van der Waals surface area contributed by atoms with Crippen LogP contribution in [0.15, 0.2) is 77.7 Å². The third kappa shape index (κ3) is 5.42. The van der Waals surface area contributed by atoms with Gasteiger partial charge in [-0.25, -0.2) is 12.8 Å². The summed E-state index contributed by atoms with van der Waals surface area (Å²) in [5.74, 6) is -1.37. The van der Waals surface area contributed by atoms with Crippen molar-refractivity contribution >= 4 is 33.2 Å². The van der Waals surface area contributed by atoms with Gasteiger partial charge in [-0.2, -0.15) is 4.31 Å². The van der Waals surface area contributed by atoms with Gasteiger partial charge in [0.25, 0.3) is 5.91 Å². The Morgan fingerprint density at radius 3 is 2.36 bits per heavy atom. The van der Waals surface area contributed by atoms with Crippen LogP contribution in [0.4, 0.5) is 10.1 Å². The SMILES string of the molecule is O=C(Nc1cccc(Cl)c1F)c1cccc(S(=O)(=O)N2CCN(Cc3ccccc3)CC2)c1. The van der Waals surface area contributed by atoms with Gasteiger partial charge < -0.3 is 5.32 Å².